The molecule has 39 heavy (non-hydrogen) atoms. The molecule has 0 saturated heterocycles. The van der Waals surface area contributed by atoms with Crippen molar-refractivity contribution in [1.29, 1.82) is 0 Å². The Labute approximate surface area is 233 Å². The van der Waals surface area contributed by atoms with Crippen LogP contribution in [0.1, 0.15) is 79.9 Å². The Morgan fingerprint density at radius 1 is 1.03 bits per heavy atom. The number of benzene rings is 2. The third-order valence-electron chi connectivity index (χ3n) is 7.44. The summed E-state index contributed by atoms with van der Waals surface area (Å²) in [6, 6.07) is 13.2. The van der Waals surface area contributed by atoms with Crippen LogP contribution < -0.4 is 5.32 Å². The van der Waals surface area contributed by atoms with Gasteiger partial charge in [-0.1, -0.05) is 63.6 Å². The third-order valence-corrected chi connectivity index (χ3v) is 7.44. The average molecular weight is 539 g/mol. The Morgan fingerprint density at radius 2 is 1.77 bits per heavy atom. The molecule has 0 aromatic heterocycles. The summed E-state index contributed by atoms with van der Waals surface area (Å²) in [5.74, 6) is -0.537. The van der Waals surface area contributed by atoms with Crippen LogP contribution >= 0.6 is 0 Å². The highest BCUT2D eigenvalue weighted by Gasteiger charge is 2.24. The molecule has 214 valence electrons. The van der Waals surface area contributed by atoms with E-state index in [0.29, 0.717) is 50.0 Å². The standard InChI is InChI=1S/C32H46N2O5/c1-23-10-6-7-15-28(23)33-31(37)34(17-16-32(3,4)5)18-19-39-27-14-9-12-25(20-27)21-38-22-26-13-8-11-24(2)29(26)30(35)36/h6-8,10-11,13,15,25,27H,9,12,14,16-22H2,1-5H3,(H,33,37)(H,35,36)/t25?,27-/m0/s1. The number of hydrogen-bond donors (Lipinski definition) is 2. The third kappa shape index (κ3) is 9.97. The first-order chi connectivity index (χ1) is 18.5. The Balaban J connectivity index is 1.48. The predicted octanol–water partition coefficient (Wildman–Crippen LogP) is 7.06. The van der Waals surface area contributed by atoms with Gasteiger partial charge >= 0.3 is 12.0 Å². The number of rotatable bonds is 12. The zero-order chi connectivity index (χ0) is 28.4. The molecule has 0 aliphatic heterocycles. The molecule has 0 bridgehead atoms. The first-order valence-corrected chi connectivity index (χ1v) is 14.2. The summed E-state index contributed by atoms with van der Waals surface area (Å²) in [5, 5.41) is 12.6. The number of nitrogens with zero attached hydrogens (tertiary/aromatic N) is 1. The molecule has 2 N–H and O–H groups in total. The molecule has 2 amide bonds. The first-order valence-electron chi connectivity index (χ1n) is 14.2. The van der Waals surface area contributed by atoms with Gasteiger partial charge in [0.15, 0.2) is 0 Å². The van der Waals surface area contributed by atoms with Crippen LogP contribution in [0.3, 0.4) is 0 Å². The predicted molar refractivity (Wildman–Crippen MR) is 155 cm³/mol. The molecule has 0 heterocycles. The molecule has 7 nitrogen and oxygen atoms in total. The van der Waals surface area contributed by atoms with Gasteiger partial charge < -0.3 is 24.8 Å². The van der Waals surface area contributed by atoms with E-state index in [1.807, 2.05) is 61.2 Å². The Hall–Kier alpha value is -2.90. The molecule has 1 aliphatic carbocycles. The average Bonchev–Trinajstić information content (AvgIpc) is 2.87. The summed E-state index contributed by atoms with van der Waals surface area (Å²) >= 11 is 0. The summed E-state index contributed by atoms with van der Waals surface area (Å²) in [4.78, 5) is 26.6. The van der Waals surface area contributed by atoms with E-state index in [4.69, 9.17) is 9.47 Å². The van der Waals surface area contributed by atoms with E-state index in [9.17, 15) is 14.7 Å². The topological polar surface area (TPSA) is 88.1 Å². The molecule has 1 aliphatic rings. The molecule has 7 heteroatoms. The molecule has 3 rings (SSSR count). The van der Waals surface area contributed by atoms with Crippen LogP contribution in [0.25, 0.3) is 0 Å². The second-order valence-electron chi connectivity index (χ2n) is 12.0. The number of aryl methyl sites for hydroxylation is 2. The van der Waals surface area contributed by atoms with E-state index in [2.05, 4.69) is 26.1 Å². The number of carboxylic acid groups (broad SMARTS) is 1. The smallest absolute Gasteiger partial charge is 0.336 e. The van der Waals surface area contributed by atoms with Crippen molar-refractivity contribution < 1.29 is 24.2 Å². The van der Waals surface area contributed by atoms with Crippen molar-refractivity contribution in [3.8, 4) is 0 Å². The lowest BCUT2D eigenvalue weighted by Crippen LogP contribution is -2.40. The normalized spacial score (nSPS) is 17.6. The minimum Gasteiger partial charge on any atom is -0.478 e. The number of carboxylic acids is 1. The molecule has 2 aromatic rings. The van der Waals surface area contributed by atoms with Crippen molar-refractivity contribution in [3.05, 3.63) is 64.7 Å². The Bertz CT molecular complexity index is 1090. The van der Waals surface area contributed by atoms with Gasteiger partial charge in [0.2, 0.25) is 0 Å². The van der Waals surface area contributed by atoms with E-state index in [1.54, 1.807) is 0 Å². The van der Waals surface area contributed by atoms with E-state index in [0.717, 1.165) is 48.9 Å². The Morgan fingerprint density at radius 3 is 2.49 bits per heavy atom. The molecule has 2 atom stereocenters. The highest BCUT2D eigenvalue weighted by Crippen LogP contribution is 2.27. The number of aromatic carboxylic acids is 1. The van der Waals surface area contributed by atoms with Gasteiger partial charge in [-0.25, -0.2) is 9.59 Å². The number of amides is 2. The fraction of sp³-hybridized carbons (Fsp3) is 0.562. The fourth-order valence-electron chi connectivity index (χ4n) is 5.06. The van der Waals surface area contributed by atoms with Crippen molar-refractivity contribution in [2.75, 3.05) is 31.6 Å². The first kappa shape index (κ1) is 30.6. The second-order valence-corrected chi connectivity index (χ2v) is 12.0. The monoisotopic (exact) mass is 538 g/mol. The van der Waals surface area contributed by atoms with Gasteiger partial charge in [-0.15, -0.1) is 0 Å². The zero-order valence-corrected chi connectivity index (χ0v) is 24.3. The summed E-state index contributed by atoms with van der Waals surface area (Å²) in [7, 11) is 0. The van der Waals surface area contributed by atoms with Crippen LogP contribution in [0.5, 0.6) is 0 Å². The van der Waals surface area contributed by atoms with Gasteiger partial charge in [-0.3, -0.25) is 0 Å². The molecule has 2 aromatic carbocycles. The van der Waals surface area contributed by atoms with Gasteiger partial charge in [0.25, 0.3) is 0 Å². The van der Waals surface area contributed by atoms with E-state index >= 15 is 0 Å². The summed E-state index contributed by atoms with van der Waals surface area (Å²) in [6.07, 6.45) is 5.12. The lowest BCUT2D eigenvalue weighted by Gasteiger charge is -2.31. The van der Waals surface area contributed by atoms with Gasteiger partial charge in [0.05, 0.1) is 24.9 Å². The van der Waals surface area contributed by atoms with Crippen LogP contribution in [-0.2, 0) is 16.1 Å². The van der Waals surface area contributed by atoms with Crippen molar-refractivity contribution >= 4 is 17.7 Å². The quantitative estimate of drug-likeness (QED) is 0.302. The fourth-order valence-corrected chi connectivity index (χ4v) is 5.06. The highest BCUT2D eigenvalue weighted by molar-refractivity contribution is 5.91. The molecular weight excluding hydrogens is 492 g/mol. The molecular formula is C32H46N2O5. The highest BCUT2D eigenvalue weighted by atomic mass is 16.5. The van der Waals surface area contributed by atoms with Gasteiger partial charge in [0, 0.05) is 25.4 Å². The second kappa shape index (κ2) is 14.5. The van der Waals surface area contributed by atoms with Crippen molar-refractivity contribution in [1.82, 2.24) is 4.90 Å². The number of carbonyl (C=O) groups is 2. The number of nitrogens with one attached hydrogen (secondary N) is 1. The van der Waals surface area contributed by atoms with Gasteiger partial charge in [0.1, 0.15) is 0 Å². The van der Waals surface area contributed by atoms with Crippen LogP contribution in [-0.4, -0.2) is 54.4 Å². The number of carbonyl (C=O) groups excluding carboxylic acids is 1. The summed E-state index contributed by atoms with van der Waals surface area (Å²) in [6.45, 7) is 13.0. The molecule has 1 fully saturated rings. The Kier molecular flexibility index (Phi) is 11.4. The maximum Gasteiger partial charge on any atom is 0.336 e. The van der Waals surface area contributed by atoms with Crippen LogP contribution in [0.4, 0.5) is 10.5 Å². The maximum atomic E-state index is 13.1. The minimum absolute atomic E-state index is 0.0936. The van der Waals surface area contributed by atoms with Crippen LogP contribution in [0.2, 0.25) is 0 Å². The number of ether oxygens (including phenoxy) is 2. The lowest BCUT2D eigenvalue weighted by molar-refractivity contribution is -0.0140. The van der Waals surface area contributed by atoms with E-state index in [1.165, 1.54) is 0 Å². The molecule has 1 saturated carbocycles. The van der Waals surface area contributed by atoms with Crippen molar-refractivity contribution in [2.24, 2.45) is 11.3 Å². The van der Waals surface area contributed by atoms with Crippen LogP contribution in [0, 0.1) is 25.2 Å². The summed E-state index contributed by atoms with van der Waals surface area (Å²) < 4.78 is 12.3. The number of para-hydroxylation sites is 1. The minimum atomic E-state index is -0.915. The number of hydrogen-bond acceptors (Lipinski definition) is 4. The zero-order valence-electron chi connectivity index (χ0n) is 24.3. The van der Waals surface area contributed by atoms with E-state index < -0.39 is 5.97 Å². The molecule has 0 radical (unpaired) electrons. The molecule has 1 unspecified atom stereocenters. The maximum absolute atomic E-state index is 13.1. The van der Waals surface area contributed by atoms with Gasteiger partial charge in [-0.2, -0.15) is 0 Å². The lowest BCUT2D eigenvalue weighted by atomic mass is 9.88. The van der Waals surface area contributed by atoms with Crippen LogP contribution in [0.15, 0.2) is 42.5 Å². The summed E-state index contributed by atoms with van der Waals surface area (Å²) in [5.41, 5.74) is 3.80. The molecule has 0 spiro atoms. The van der Waals surface area contributed by atoms with Crippen molar-refractivity contribution in [2.45, 2.75) is 79.4 Å². The SMILES string of the molecule is Cc1ccccc1NC(=O)N(CCO[C@H]1CCCC(COCc2cccc(C)c2C(=O)O)C1)CCC(C)(C)C. The van der Waals surface area contributed by atoms with E-state index in [-0.39, 0.29) is 17.6 Å². The number of urea groups is 1. The van der Waals surface area contributed by atoms with Gasteiger partial charge in [-0.05, 0) is 73.6 Å². The van der Waals surface area contributed by atoms with Crippen molar-refractivity contribution in [3.63, 3.8) is 0 Å². The number of anilines is 1. The largest absolute Gasteiger partial charge is 0.478 e.